The van der Waals surface area contributed by atoms with E-state index in [1.807, 2.05) is 0 Å². The highest BCUT2D eigenvalue weighted by Crippen LogP contribution is 2.31. The second kappa shape index (κ2) is 5.13. The average molecular weight is 311 g/mol. The number of pyridine rings is 1. The second-order valence-electron chi connectivity index (χ2n) is 2.78. The molecule has 0 aliphatic carbocycles. The fraction of sp³-hybridized carbons (Fsp3) is 0.250. The quantitative estimate of drug-likeness (QED) is 0.486. The molecule has 1 aromatic heterocycles. The predicted octanol–water partition coefficient (Wildman–Crippen LogP) is 2.48. The Kier molecular flexibility index (Phi) is 4.05. The molecule has 0 saturated carbocycles. The molecule has 1 aromatic rings. The zero-order valence-electron chi connectivity index (χ0n) is 8.32. The maximum Gasteiger partial charge on any atom is 0.383 e. The number of aromatic nitrogens is 1. The number of carbonyl (C=O) groups excluding carboxylic acids is 1. The van der Waals surface area contributed by atoms with E-state index in [4.69, 9.17) is 0 Å². The zero-order valence-corrected chi connectivity index (χ0v) is 9.90. The number of hydrogen-bond acceptors (Lipinski definition) is 5. The summed E-state index contributed by atoms with van der Waals surface area (Å²) in [7, 11) is 1.04. The van der Waals surface area contributed by atoms with E-state index in [0.717, 1.165) is 13.2 Å². The van der Waals surface area contributed by atoms with Gasteiger partial charge in [0.25, 0.3) is 12.1 Å². The Morgan fingerprint density at radius 2 is 2.24 bits per heavy atom. The molecule has 0 bridgehead atoms. The fourth-order valence-corrected chi connectivity index (χ4v) is 1.54. The summed E-state index contributed by atoms with van der Waals surface area (Å²) in [6.45, 7) is 0. The van der Waals surface area contributed by atoms with E-state index in [2.05, 4.69) is 25.7 Å². The molecule has 0 N–H and O–H groups in total. The Morgan fingerprint density at radius 3 is 2.65 bits per heavy atom. The van der Waals surface area contributed by atoms with Crippen molar-refractivity contribution in [1.82, 2.24) is 4.98 Å². The van der Waals surface area contributed by atoms with Crippen molar-refractivity contribution < 1.29 is 23.2 Å². The Hall–Kier alpha value is -1.64. The van der Waals surface area contributed by atoms with Gasteiger partial charge in [-0.05, 0) is 31.9 Å². The number of esters is 1. The number of rotatable bonds is 3. The van der Waals surface area contributed by atoms with Crippen LogP contribution in [0.3, 0.4) is 0 Å². The number of alkyl halides is 2. The van der Waals surface area contributed by atoms with Crippen molar-refractivity contribution in [1.29, 1.82) is 0 Å². The number of hydrogen-bond donors (Lipinski definition) is 0. The monoisotopic (exact) mass is 310 g/mol. The second-order valence-corrected chi connectivity index (χ2v) is 3.64. The smallest absolute Gasteiger partial charge is 0.383 e. The van der Waals surface area contributed by atoms with Crippen molar-refractivity contribution in [2.45, 2.75) is 6.43 Å². The van der Waals surface area contributed by atoms with Crippen molar-refractivity contribution in [2.24, 2.45) is 0 Å². The number of nitro groups is 1. The Bertz CT molecular complexity index is 481. The molecule has 92 valence electrons. The fourth-order valence-electron chi connectivity index (χ4n) is 1.04. The first-order chi connectivity index (χ1) is 7.88. The normalized spacial score (nSPS) is 10.4. The Balaban J connectivity index is 3.45. The van der Waals surface area contributed by atoms with Crippen molar-refractivity contribution in [3.63, 3.8) is 0 Å². The van der Waals surface area contributed by atoms with Crippen LogP contribution in [0.5, 0.6) is 0 Å². The van der Waals surface area contributed by atoms with Crippen LogP contribution in [0, 0.1) is 10.1 Å². The van der Waals surface area contributed by atoms with Gasteiger partial charge in [-0.2, -0.15) is 0 Å². The molecule has 0 spiro atoms. The van der Waals surface area contributed by atoms with Gasteiger partial charge in [-0.15, -0.1) is 0 Å². The molecule has 0 amide bonds. The summed E-state index contributed by atoms with van der Waals surface area (Å²) < 4.78 is 29.2. The number of methoxy groups -OCH3 is 1. The number of nitrogens with zero attached hydrogens (tertiary/aromatic N) is 2. The third-order valence-corrected chi connectivity index (χ3v) is 2.38. The van der Waals surface area contributed by atoms with Crippen LogP contribution in [0.2, 0.25) is 0 Å². The summed E-state index contributed by atoms with van der Waals surface area (Å²) in [5.74, 6) is -2.02. The van der Waals surface area contributed by atoms with Gasteiger partial charge < -0.3 is 14.9 Å². The van der Waals surface area contributed by atoms with Crippen LogP contribution in [0.25, 0.3) is 0 Å². The highest BCUT2D eigenvalue weighted by molar-refractivity contribution is 9.10. The molecular formula is C8H5BrF2N2O4. The summed E-state index contributed by atoms with van der Waals surface area (Å²) in [6, 6.07) is 0.780. The van der Waals surface area contributed by atoms with E-state index in [-0.39, 0.29) is 4.47 Å². The number of ether oxygens (including phenoxy) is 1. The lowest BCUT2D eigenvalue weighted by Gasteiger charge is -2.04. The number of carbonyl (C=O) groups is 1. The minimum Gasteiger partial charge on any atom is -0.463 e. The predicted molar refractivity (Wildman–Crippen MR) is 54.9 cm³/mol. The van der Waals surface area contributed by atoms with Gasteiger partial charge in [0.2, 0.25) is 0 Å². The SMILES string of the molecule is COC(=O)c1nc([N+](=O)[O-])c(C(F)F)cc1Br. The van der Waals surface area contributed by atoms with Crippen molar-refractivity contribution in [3.05, 3.63) is 31.9 Å². The minimum atomic E-state index is -3.06. The van der Waals surface area contributed by atoms with Crippen molar-refractivity contribution in [2.75, 3.05) is 7.11 Å². The molecule has 0 unspecified atom stereocenters. The summed E-state index contributed by atoms with van der Waals surface area (Å²) in [4.78, 5) is 23.9. The lowest BCUT2D eigenvalue weighted by atomic mass is 10.2. The molecule has 0 aromatic carbocycles. The van der Waals surface area contributed by atoms with Gasteiger partial charge in [0, 0.05) is 0 Å². The van der Waals surface area contributed by atoms with Crippen LogP contribution in [-0.4, -0.2) is 23.0 Å². The van der Waals surface area contributed by atoms with Crippen LogP contribution in [-0.2, 0) is 4.74 Å². The van der Waals surface area contributed by atoms with E-state index < -0.39 is 34.4 Å². The van der Waals surface area contributed by atoms with Crippen molar-refractivity contribution in [3.8, 4) is 0 Å². The van der Waals surface area contributed by atoms with Crippen LogP contribution >= 0.6 is 15.9 Å². The summed E-state index contributed by atoms with van der Waals surface area (Å²) >= 11 is 2.82. The largest absolute Gasteiger partial charge is 0.463 e. The van der Waals surface area contributed by atoms with Crippen LogP contribution in [0.4, 0.5) is 14.6 Å². The maximum absolute atomic E-state index is 12.5. The molecule has 0 radical (unpaired) electrons. The molecule has 1 heterocycles. The Labute approximate surface area is 102 Å². The summed E-state index contributed by atoms with van der Waals surface area (Å²) in [6.07, 6.45) is -3.06. The van der Waals surface area contributed by atoms with Gasteiger partial charge in [-0.25, -0.2) is 13.6 Å². The molecule has 0 saturated heterocycles. The molecule has 0 aliphatic heterocycles. The number of halogens is 3. The maximum atomic E-state index is 12.5. The first kappa shape index (κ1) is 13.4. The molecule has 0 fully saturated rings. The van der Waals surface area contributed by atoms with Crippen LogP contribution < -0.4 is 0 Å². The molecule has 17 heavy (non-hydrogen) atoms. The zero-order chi connectivity index (χ0) is 13.2. The van der Waals surface area contributed by atoms with Gasteiger partial charge in [-0.3, -0.25) is 0 Å². The van der Waals surface area contributed by atoms with E-state index in [1.165, 1.54) is 0 Å². The average Bonchev–Trinajstić information content (AvgIpc) is 2.27. The highest BCUT2D eigenvalue weighted by atomic mass is 79.9. The topological polar surface area (TPSA) is 82.3 Å². The summed E-state index contributed by atoms with van der Waals surface area (Å²) in [5.41, 5.74) is -1.29. The van der Waals surface area contributed by atoms with E-state index in [9.17, 15) is 23.7 Å². The molecule has 1 rings (SSSR count). The van der Waals surface area contributed by atoms with Crippen LogP contribution in [0.1, 0.15) is 22.5 Å². The molecule has 0 atom stereocenters. The molecular weight excluding hydrogens is 306 g/mol. The lowest BCUT2D eigenvalue weighted by Crippen LogP contribution is -2.09. The summed E-state index contributed by atoms with van der Waals surface area (Å²) in [5, 5.41) is 10.5. The van der Waals surface area contributed by atoms with Crippen LogP contribution in [0.15, 0.2) is 10.5 Å². The lowest BCUT2D eigenvalue weighted by molar-refractivity contribution is -0.391. The van der Waals surface area contributed by atoms with Gasteiger partial charge in [0.05, 0.1) is 11.6 Å². The standard InChI is InChI=1S/C8H5BrF2N2O4/c1-17-8(14)5-4(9)2-3(6(10)11)7(12-5)13(15)16/h2,6H,1H3. The van der Waals surface area contributed by atoms with Gasteiger partial charge >= 0.3 is 11.8 Å². The minimum absolute atomic E-state index is 0.0924. The van der Waals surface area contributed by atoms with Gasteiger partial charge in [-0.1, -0.05) is 0 Å². The first-order valence-corrected chi connectivity index (χ1v) is 4.89. The molecule has 6 nitrogen and oxygen atoms in total. The van der Waals surface area contributed by atoms with Gasteiger partial charge in [0.15, 0.2) is 0 Å². The van der Waals surface area contributed by atoms with E-state index in [0.29, 0.717) is 0 Å². The first-order valence-electron chi connectivity index (χ1n) is 4.09. The molecule has 0 aliphatic rings. The van der Waals surface area contributed by atoms with E-state index in [1.54, 1.807) is 0 Å². The van der Waals surface area contributed by atoms with Crippen molar-refractivity contribution >= 4 is 27.7 Å². The molecule has 9 heteroatoms. The third-order valence-electron chi connectivity index (χ3n) is 1.77. The Morgan fingerprint density at radius 1 is 1.65 bits per heavy atom. The van der Waals surface area contributed by atoms with Gasteiger partial charge in [0.1, 0.15) is 5.56 Å². The van der Waals surface area contributed by atoms with E-state index >= 15 is 0 Å². The highest BCUT2D eigenvalue weighted by Gasteiger charge is 2.29. The third kappa shape index (κ3) is 2.73.